The summed E-state index contributed by atoms with van der Waals surface area (Å²) in [5.74, 6) is -0.756. The van der Waals surface area contributed by atoms with Crippen LogP contribution in [-0.4, -0.2) is 27.6 Å². The molecule has 94 valence electrons. The van der Waals surface area contributed by atoms with Gasteiger partial charge in [-0.3, -0.25) is 4.79 Å². The molecule has 0 atom stereocenters. The van der Waals surface area contributed by atoms with E-state index in [1.54, 1.807) is 0 Å². The predicted molar refractivity (Wildman–Crippen MR) is 62.8 cm³/mol. The van der Waals surface area contributed by atoms with Crippen LogP contribution in [0.1, 0.15) is 22.2 Å². The molecule has 0 aliphatic heterocycles. The van der Waals surface area contributed by atoms with Gasteiger partial charge in [0.25, 0.3) is 0 Å². The molecule has 0 aliphatic rings. The van der Waals surface area contributed by atoms with Gasteiger partial charge in [0.15, 0.2) is 24.1 Å². The van der Waals surface area contributed by atoms with E-state index < -0.39 is 12.1 Å². The fraction of sp³-hybridized carbons (Fsp3) is 0.364. The van der Waals surface area contributed by atoms with Crippen LogP contribution in [0.3, 0.4) is 0 Å². The normalized spacial score (nSPS) is 10.7. The summed E-state index contributed by atoms with van der Waals surface area (Å²) < 4.78 is 29.0. The van der Waals surface area contributed by atoms with E-state index in [0.717, 1.165) is 0 Å². The molecule has 0 N–H and O–H groups in total. The monoisotopic (exact) mass is 306 g/mol. The molecule has 1 rings (SSSR count). The van der Waals surface area contributed by atoms with Gasteiger partial charge in [0.1, 0.15) is 0 Å². The van der Waals surface area contributed by atoms with Crippen molar-refractivity contribution >= 4 is 22.2 Å². The molecule has 17 heavy (non-hydrogen) atoms. The van der Waals surface area contributed by atoms with Gasteiger partial charge < -0.3 is 14.2 Å². The minimum Gasteiger partial charge on any atom is -0.494 e. The van der Waals surface area contributed by atoms with Crippen molar-refractivity contribution < 1.29 is 23.4 Å². The van der Waals surface area contributed by atoms with Crippen LogP contribution in [0.2, 0.25) is 0 Å². The molecular weight excluding hydrogens is 295 g/mol. The summed E-state index contributed by atoms with van der Waals surface area (Å²) in [5.41, 5.74) is 0.355. The Morgan fingerprint density at radius 2 is 1.94 bits per heavy atom. The Labute approximate surface area is 107 Å². The zero-order chi connectivity index (χ0) is 13.0. The lowest BCUT2D eigenvalue weighted by atomic mass is 10.1. The largest absolute Gasteiger partial charge is 0.494 e. The van der Waals surface area contributed by atoms with Gasteiger partial charge in [-0.15, -0.1) is 0 Å². The van der Waals surface area contributed by atoms with Gasteiger partial charge in [-0.25, -0.2) is 4.39 Å². The van der Waals surface area contributed by atoms with Crippen LogP contribution >= 0.6 is 15.9 Å². The Morgan fingerprint density at radius 1 is 1.35 bits per heavy atom. The van der Waals surface area contributed by atoms with E-state index in [2.05, 4.69) is 15.9 Å². The van der Waals surface area contributed by atoms with E-state index in [4.69, 9.17) is 14.2 Å². The van der Waals surface area contributed by atoms with Gasteiger partial charge in [-0.1, -0.05) is 0 Å². The molecule has 6 heteroatoms. The third-order valence-electron chi connectivity index (χ3n) is 2.25. The number of halogens is 2. The number of benzene rings is 1. The van der Waals surface area contributed by atoms with Crippen molar-refractivity contribution in [3.8, 4) is 5.75 Å². The lowest BCUT2D eigenvalue weighted by Gasteiger charge is -2.18. The van der Waals surface area contributed by atoms with Crippen molar-refractivity contribution in [3.63, 3.8) is 0 Å². The lowest BCUT2D eigenvalue weighted by molar-refractivity contribution is -0.106. The van der Waals surface area contributed by atoms with Crippen molar-refractivity contribution in [3.05, 3.63) is 27.5 Å². The Balaban J connectivity index is 3.45. The summed E-state index contributed by atoms with van der Waals surface area (Å²) in [6.07, 6.45) is -0.300. The van der Waals surface area contributed by atoms with Gasteiger partial charge in [-0.05, 0) is 22.0 Å². The van der Waals surface area contributed by atoms with E-state index in [9.17, 15) is 9.18 Å². The minimum atomic E-state index is -0.718. The Kier molecular flexibility index (Phi) is 5.04. The summed E-state index contributed by atoms with van der Waals surface area (Å²) in [7, 11) is 4.20. The molecule has 0 aromatic heterocycles. The van der Waals surface area contributed by atoms with Crippen molar-refractivity contribution in [2.75, 3.05) is 21.3 Å². The van der Waals surface area contributed by atoms with Crippen LogP contribution < -0.4 is 4.74 Å². The fourth-order valence-electron chi connectivity index (χ4n) is 1.43. The molecule has 0 radical (unpaired) electrons. The Morgan fingerprint density at radius 3 is 2.35 bits per heavy atom. The van der Waals surface area contributed by atoms with Crippen LogP contribution in [0.4, 0.5) is 4.39 Å². The molecule has 4 nitrogen and oxygen atoms in total. The highest BCUT2D eigenvalue weighted by molar-refractivity contribution is 9.10. The average molecular weight is 307 g/mol. The van der Waals surface area contributed by atoms with E-state index in [-0.39, 0.29) is 11.3 Å². The highest BCUT2D eigenvalue weighted by atomic mass is 79.9. The Hall–Kier alpha value is -0.980. The van der Waals surface area contributed by atoms with Crippen molar-refractivity contribution in [2.45, 2.75) is 6.29 Å². The molecular formula is C11H12BrFO4. The molecule has 0 amide bonds. The molecule has 0 saturated carbocycles. The van der Waals surface area contributed by atoms with Crippen LogP contribution in [0, 0.1) is 5.82 Å². The summed E-state index contributed by atoms with van der Waals surface area (Å²) in [6, 6.07) is 1.42. The number of hydrogen-bond donors (Lipinski definition) is 0. The minimum absolute atomic E-state index is 0.0376. The van der Waals surface area contributed by atoms with Gasteiger partial charge in [-0.2, -0.15) is 0 Å². The molecule has 1 aromatic carbocycles. The predicted octanol–water partition coefficient (Wildman–Crippen LogP) is 2.70. The molecule has 0 aliphatic carbocycles. The first-order valence-electron chi connectivity index (χ1n) is 4.67. The zero-order valence-corrected chi connectivity index (χ0v) is 11.2. The van der Waals surface area contributed by atoms with Crippen LogP contribution in [-0.2, 0) is 9.47 Å². The maximum Gasteiger partial charge on any atom is 0.184 e. The van der Waals surface area contributed by atoms with E-state index >= 15 is 0 Å². The van der Waals surface area contributed by atoms with Crippen LogP contribution in [0.25, 0.3) is 0 Å². The van der Waals surface area contributed by atoms with Crippen LogP contribution in [0.15, 0.2) is 10.5 Å². The number of aldehydes is 1. The molecule has 0 fully saturated rings. The van der Waals surface area contributed by atoms with E-state index in [0.29, 0.717) is 16.3 Å². The Bertz CT molecular complexity index is 418. The first-order valence-corrected chi connectivity index (χ1v) is 5.46. The lowest BCUT2D eigenvalue weighted by Crippen LogP contribution is -2.08. The number of hydrogen-bond acceptors (Lipinski definition) is 4. The fourth-order valence-corrected chi connectivity index (χ4v) is 2.00. The second kappa shape index (κ2) is 6.09. The summed E-state index contributed by atoms with van der Waals surface area (Å²) >= 11 is 3.15. The number of ether oxygens (including phenoxy) is 3. The van der Waals surface area contributed by atoms with Crippen LogP contribution in [0.5, 0.6) is 5.75 Å². The average Bonchev–Trinajstić information content (AvgIpc) is 2.34. The second-order valence-corrected chi connectivity index (χ2v) is 3.92. The molecule has 0 bridgehead atoms. The molecule has 0 heterocycles. The third-order valence-corrected chi connectivity index (χ3v) is 3.13. The highest BCUT2D eigenvalue weighted by Crippen LogP contribution is 2.35. The van der Waals surface area contributed by atoms with Gasteiger partial charge >= 0.3 is 0 Å². The van der Waals surface area contributed by atoms with Crippen molar-refractivity contribution in [2.24, 2.45) is 0 Å². The third kappa shape index (κ3) is 2.65. The molecule has 0 unspecified atom stereocenters. The summed E-state index contributed by atoms with van der Waals surface area (Å²) in [4.78, 5) is 10.9. The van der Waals surface area contributed by atoms with Gasteiger partial charge in [0.05, 0.1) is 12.7 Å². The number of methoxy groups -OCH3 is 3. The number of carbonyl (C=O) groups excluding carboxylic acids is 1. The maximum absolute atomic E-state index is 13.7. The SMILES string of the molecule is COc1cc(C(OC)OC)c(Br)c(C=O)c1F. The van der Waals surface area contributed by atoms with Gasteiger partial charge in [0.2, 0.25) is 0 Å². The standard InChI is InChI=1S/C11H12BrFO4/c1-15-8-4-6(11(16-2)17-3)9(12)7(5-14)10(8)13/h4-5,11H,1-3H3. The van der Waals surface area contributed by atoms with E-state index in [1.807, 2.05) is 0 Å². The summed E-state index contributed by atoms with van der Waals surface area (Å²) in [5, 5.41) is 0. The van der Waals surface area contributed by atoms with E-state index in [1.165, 1.54) is 27.4 Å². The first-order chi connectivity index (χ1) is 8.10. The topological polar surface area (TPSA) is 44.8 Å². The molecule has 0 saturated heterocycles. The number of rotatable bonds is 5. The smallest absolute Gasteiger partial charge is 0.184 e. The number of carbonyl (C=O) groups is 1. The maximum atomic E-state index is 13.7. The molecule has 1 aromatic rings. The molecule has 0 spiro atoms. The summed E-state index contributed by atoms with van der Waals surface area (Å²) in [6.45, 7) is 0. The van der Waals surface area contributed by atoms with Crippen molar-refractivity contribution in [1.82, 2.24) is 0 Å². The highest BCUT2D eigenvalue weighted by Gasteiger charge is 2.22. The quantitative estimate of drug-likeness (QED) is 0.620. The first kappa shape index (κ1) is 14.1. The van der Waals surface area contributed by atoms with Gasteiger partial charge in [0, 0.05) is 24.3 Å². The van der Waals surface area contributed by atoms with Crippen molar-refractivity contribution in [1.29, 1.82) is 0 Å². The second-order valence-electron chi connectivity index (χ2n) is 3.13. The zero-order valence-electron chi connectivity index (χ0n) is 9.62.